The fourth-order valence-electron chi connectivity index (χ4n) is 2.34. The van der Waals surface area contributed by atoms with Crippen molar-refractivity contribution < 1.29 is 10.0 Å². The van der Waals surface area contributed by atoms with E-state index in [9.17, 15) is 10.0 Å². The van der Waals surface area contributed by atoms with Crippen LogP contribution in [0.1, 0.15) is 11.1 Å². The molecule has 1 aromatic heterocycles. The number of aromatic nitrogens is 1. The molecule has 5 heteroatoms. The lowest BCUT2D eigenvalue weighted by atomic mass is 9.93. The Kier molecular flexibility index (Phi) is 3.34. The Morgan fingerprint density at radius 1 is 1.00 bits per heavy atom. The maximum absolute atomic E-state index is 9.29. The van der Waals surface area contributed by atoms with Gasteiger partial charge >= 0.3 is 7.12 Å². The van der Waals surface area contributed by atoms with Crippen molar-refractivity contribution in [2.75, 3.05) is 0 Å². The Labute approximate surface area is 121 Å². The van der Waals surface area contributed by atoms with E-state index < -0.39 is 7.12 Å². The van der Waals surface area contributed by atoms with Gasteiger partial charge in [0.25, 0.3) is 0 Å². The molecule has 2 N–H and O–H groups in total. The van der Waals surface area contributed by atoms with Crippen LogP contribution in [0.2, 0.25) is 0 Å². The van der Waals surface area contributed by atoms with Gasteiger partial charge < -0.3 is 10.0 Å². The quantitative estimate of drug-likeness (QED) is 0.709. The molecule has 0 atom stereocenters. The molecule has 0 fully saturated rings. The highest BCUT2D eigenvalue weighted by Gasteiger charge is 2.19. The molecular weight excluding hydrogens is 269 g/mol. The van der Waals surface area contributed by atoms with Crippen molar-refractivity contribution in [3.05, 3.63) is 47.5 Å². The number of nitrogens with zero attached hydrogens (tertiary/aromatic N) is 1. The van der Waals surface area contributed by atoms with E-state index in [-0.39, 0.29) is 0 Å². The normalized spacial score (nSPS) is 11.0. The van der Waals surface area contributed by atoms with Crippen molar-refractivity contribution in [1.29, 1.82) is 0 Å². The molecule has 0 aliphatic heterocycles. The summed E-state index contributed by atoms with van der Waals surface area (Å²) in [6.07, 6.45) is 0. The number of rotatable bonds is 2. The fraction of sp³-hybridized carbons (Fsp3) is 0.133. The van der Waals surface area contributed by atoms with Crippen molar-refractivity contribution in [3.8, 4) is 11.1 Å². The lowest BCUT2D eigenvalue weighted by molar-refractivity contribution is 0.425. The fourth-order valence-corrected chi connectivity index (χ4v) is 3.20. The number of fused-ring (bicyclic) bond motifs is 1. The number of para-hydroxylation sites is 1. The number of hydrogen-bond donors (Lipinski definition) is 2. The van der Waals surface area contributed by atoms with E-state index in [4.69, 9.17) is 0 Å². The first-order valence-electron chi connectivity index (χ1n) is 6.40. The minimum Gasteiger partial charge on any atom is -0.422 e. The van der Waals surface area contributed by atoms with E-state index in [1.807, 2.05) is 24.3 Å². The van der Waals surface area contributed by atoms with Crippen molar-refractivity contribution in [2.45, 2.75) is 13.8 Å². The topological polar surface area (TPSA) is 53.4 Å². The summed E-state index contributed by atoms with van der Waals surface area (Å²) < 4.78 is 0.964. The summed E-state index contributed by atoms with van der Waals surface area (Å²) in [6.45, 7) is 4.18. The van der Waals surface area contributed by atoms with Gasteiger partial charge in [-0.05, 0) is 36.6 Å². The van der Waals surface area contributed by atoms with Gasteiger partial charge in [0.1, 0.15) is 4.91 Å². The van der Waals surface area contributed by atoms with Gasteiger partial charge in [0.15, 0.2) is 0 Å². The number of benzene rings is 2. The summed E-state index contributed by atoms with van der Waals surface area (Å²) in [5.74, 6) is 0. The second kappa shape index (κ2) is 5.02. The third-order valence-electron chi connectivity index (χ3n) is 3.55. The first kappa shape index (κ1) is 13.3. The number of hydrogen-bond acceptors (Lipinski definition) is 4. The van der Waals surface area contributed by atoms with Crippen molar-refractivity contribution in [1.82, 2.24) is 4.98 Å². The van der Waals surface area contributed by atoms with Crippen LogP contribution in [0.3, 0.4) is 0 Å². The zero-order valence-corrected chi connectivity index (χ0v) is 12.1. The summed E-state index contributed by atoms with van der Waals surface area (Å²) in [7, 11) is -1.51. The molecule has 2 aromatic carbocycles. The summed E-state index contributed by atoms with van der Waals surface area (Å²) in [4.78, 5) is 4.71. The van der Waals surface area contributed by atoms with E-state index in [0.29, 0.717) is 4.91 Å². The Hall–Kier alpha value is -1.69. The first-order chi connectivity index (χ1) is 9.58. The lowest BCUT2D eigenvalue weighted by Crippen LogP contribution is -2.28. The molecule has 0 radical (unpaired) electrons. The summed E-state index contributed by atoms with van der Waals surface area (Å²) in [5, 5.41) is 18.6. The summed E-state index contributed by atoms with van der Waals surface area (Å²) in [5.41, 5.74) is 5.46. The smallest absolute Gasteiger partial charge is 0.422 e. The van der Waals surface area contributed by atoms with Crippen LogP contribution in [0.15, 0.2) is 36.4 Å². The van der Waals surface area contributed by atoms with Crippen LogP contribution in [0, 0.1) is 13.8 Å². The van der Waals surface area contributed by atoms with Gasteiger partial charge in [0, 0.05) is 5.56 Å². The van der Waals surface area contributed by atoms with E-state index in [0.717, 1.165) is 21.3 Å². The largest absolute Gasteiger partial charge is 0.519 e. The molecule has 0 bridgehead atoms. The van der Waals surface area contributed by atoms with Crippen LogP contribution >= 0.6 is 11.3 Å². The van der Waals surface area contributed by atoms with Crippen LogP contribution in [0.25, 0.3) is 21.3 Å². The highest BCUT2D eigenvalue weighted by atomic mass is 32.1. The van der Waals surface area contributed by atoms with Gasteiger partial charge in [-0.25, -0.2) is 4.98 Å². The average molecular weight is 283 g/mol. The molecule has 0 spiro atoms. The molecule has 0 aliphatic carbocycles. The molecule has 100 valence electrons. The van der Waals surface area contributed by atoms with Crippen molar-refractivity contribution >= 4 is 33.6 Å². The Bertz CT molecular complexity index is 783. The second-order valence-corrected chi connectivity index (χ2v) is 5.89. The van der Waals surface area contributed by atoms with Gasteiger partial charge in [0.05, 0.1) is 10.2 Å². The molecule has 0 amide bonds. The Balaban J connectivity index is 2.28. The summed E-state index contributed by atoms with van der Waals surface area (Å²) >= 11 is 1.31. The number of aryl methyl sites for hydroxylation is 1. The van der Waals surface area contributed by atoms with Gasteiger partial charge in [0.2, 0.25) is 0 Å². The van der Waals surface area contributed by atoms with Crippen LogP contribution in [0.4, 0.5) is 0 Å². The van der Waals surface area contributed by atoms with Gasteiger partial charge in [-0.1, -0.05) is 30.3 Å². The second-order valence-electron chi connectivity index (χ2n) is 4.83. The van der Waals surface area contributed by atoms with Gasteiger partial charge in [-0.3, -0.25) is 0 Å². The minimum absolute atomic E-state index is 0.331. The third-order valence-corrected chi connectivity index (χ3v) is 4.61. The van der Waals surface area contributed by atoms with Crippen LogP contribution in [-0.4, -0.2) is 22.2 Å². The molecule has 0 aliphatic rings. The zero-order chi connectivity index (χ0) is 14.3. The average Bonchev–Trinajstić information content (AvgIpc) is 2.86. The molecule has 0 saturated heterocycles. The van der Waals surface area contributed by atoms with Gasteiger partial charge in [-0.15, -0.1) is 11.3 Å². The van der Waals surface area contributed by atoms with Crippen LogP contribution in [0.5, 0.6) is 0 Å². The van der Waals surface area contributed by atoms with E-state index >= 15 is 0 Å². The molecule has 3 nitrogen and oxygen atoms in total. The van der Waals surface area contributed by atoms with E-state index in [2.05, 4.69) is 31.0 Å². The van der Waals surface area contributed by atoms with Crippen molar-refractivity contribution in [2.24, 2.45) is 0 Å². The molecular formula is C15H14BNO2S. The Morgan fingerprint density at radius 3 is 2.45 bits per heavy atom. The summed E-state index contributed by atoms with van der Waals surface area (Å²) in [6, 6.07) is 12.1. The SMILES string of the molecule is Cc1cccc(-c2cccc3sc(B(O)O)nc23)c1C. The highest BCUT2D eigenvalue weighted by molar-refractivity contribution is 7.27. The van der Waals surface area contributed by atoms with Crippen LogP contribution in [-0.2, 0) is 0 Å². The maximum Gasteiger partial charge on any atom is 0.519 e. The van der Waals surface area contributed by atoms with E-state index in [1.54, 1.807) is 0 Å². The Morgan fingerprint density at radius 2 is 1.70 bits per heavy atom. The van der Waals surface area contributed by atoms with E-state index in [1.165, 1.54) is 22.5 Å². The van der Waals surface area contributed by atoms with Crippen molar-refractivity contribution in [3.63, 3.8) is 0 Å². The molecule has 0 saturated carbocycles. The monoisotopic (exact) mass is 283 g/mol. The van der Waals surface area contributed by atoms with Crippen LogP contribution < -0.4 is 4.91 Å². The standard InChI is InChI=1S/C15H14BNO2S/c1-9-5-3-6-11(10(9)2)12-7-4-8-13-14(12)17-15(20-13)16(18)19/h3-8,18-19H,1-2H3. The molecule has 3 rings (SSSR count). The molecule has 1 heterocycles. The predicted octanol–water partition coefficient (Wildman–Crippen LogP) is 2.26. The maximum atomic E-state index is 9.29. The molecule has 3 aromatic rings. The minimum atomic E-state index is -1.51. The highest BCUT2D eigenvalue weighted by Crippen LogP contribution is 2.32. The predicted molar refractivity (Wildman–Crippen MR) is 84.4 cm³/mol. The molecule has 20 heavy (non-hydrogen) atoms. The lowest BCUT2D eigenvalue weighted by Gasteiger charge is -2.09. The zero-order valence-electron chi connectivity index (χ0n) is 11.3. The number of thiazole rings is 1. The molecule has 0 unspecified atom stereocenters. The third kappa shape index (κ3) is 2.14. The van der Waals surface area contributed by atoms with Gasteiger partial charge in [-0.2, -0.15) is 0 Å². The first-order valence-corrected chi connectivity index (χ1v) is 7.22.